The summed E-state index contributed by atoms with van der Waals surface area (Å²) in [4.78, 5) is 0. The van der Waals surface area contributed by atoms with E-state index in [1.165, 1.54) is 6.07 Å². The maximum Gasteiger partial charge on any atom is 0.123 e. The zero-order chi connectivity index (χ0) is 12.9. The predicted molar refractivity (Wildman–Crippen MR) is 68.7 cm³/mol. The zero-order valence-electron chi connectivity index (χ0n) is 10.9. The van der Waals surface area contributed by atoms with Gasteiger partial charge in [-0.15, -0.1) is 0 Å². The Balaban J connectivity index is 3.03. The van der Waals surface area contributed by atoms with Crippen molar-refractivity contribution in [1.82, 2.24) is 0 Å². The molecule has 0 aliphatic rings. The summed E-state index contributed by atoms with van der Waals surface area (Å²) in [5.41, 5.74) is 6.82. The highest BCUT2D eigenvalue weighted by Crippen LogP contribution is 2.33. The van der Waals surface area contributed by atoms with Crippen molar-refractivity contribution in [2.75, 3.05) is 13.7 Å². The Kier molecular flexibility index (Phi) is 4.94. The second kappa shape index (κ2) is 6.01. The first-order valence-corrected chi connectivity index (χ1v) is 6.13. The molecule has 0 spiro atoms. The fraction of sp³-hybridized carbons (Fsp3) is 0.571. The molecule has 2 N–H and O–H groups in total. The van der Waals surface area contributed by atoms with Crippen LogP contribution >= 0.6 is 0 Å². The number of hydrogen-bond acceptors (Lipinski definition) is 2. The predicted octanol–water partition coefficient (Wildman–Crippen LogP) is 3.14. The van der Waals surface area contributed by atoms with Crippen molar-refractivity contribution in [3.8, 4) is 5.75 Å². The Morgan fingerprint density at radius 2 is 1.94 bits per heavy atom. The third kappa shape index (κ3) is 3.19. The number of hydrogen-bond donors (Lipinski definition) is 1. The summed E-state index contributed by atoms with van der Waals surface area (Å²) in [7, 11) is 1.61. The molecule has 0 radical (unpaired) electrons. The number of halogens is 1. The van der Waals surface area contributed by atoms with E-state index in [-0.39, 0.29) is 11.2 Å². The fourth-order valence-electron chi connectivity index (χ4n) is 2.15. The van der Waals surface area contributed by atoms with E-state index in [9.17, 15) is 4.39 Å². The van der Waals surface area contributed by atoms with Gasteiger partial charge < -0.3 is 10.5 Å². The van der Waals surface area contributed by atoms with Gasteiger partial charge in [0.05, 0.1) is 7.11 Å². The minimum Gasteiger partial charge on any atom is -0.496 e. The normalized spacial score (nSPS) is 11.6. The second-order valence-corrected chi connectivity index (χ2v) is 4.54. The molecule has 0 unspecified atom stereocenters. The van der Waals surface area contributed by atoms with Crippen LogP contribution in [-0.2, 0) is 6.42 Å². The van der Waals surface area contributed by atoms with E-state index >= 15 is 0 Å². The number of rotatable bonds is 6. The summed E-state index contributed by atoms with van der Waals surface area (Å²) in [5, 5.41) is 0. The van der Waals surface area contributed by atoms with Crippen molar-refractivity contribution in [3.63, 3.8) is 0 Å². The van der Waals surface area contributed by atoms with Gasteiger partial charge in [0.25, 0.3) is 0 Å². The largest absolute Gasteiger partial charge is 0.496 e. The Bertz CT molecular complexity index is 353. The van der Waals surface area contributed by atoms with Crippen LogP contribution in [0.2, 0.25) is 0 Å². The molecular weight excluding hydrogens is 217 g/mol. The molecule has 96 valence electrons. The molecule has 3 heteroatoms. The van der Waals surface area contributed by atoms with Crippen LogP contribution in [0.1, 0.15) is 32.3 Å². The van der Waals surface area contributed by atoms with Gasteiger partial charge in [-0.05, 0) is 55.0 Å². The van der Waals surface area contributed by atoms with Crippen LogP contribution in [0.15, 0.2) is 18.2 Å². The molecule has 2 nitrogen and oxygen atoms in total. The maximum absolute atomic E-state index is 13.3. The third-order valence-electron chi connectivity index (χ3n) is 3.74. The molecular formula is C14H22FNO. The average Bonchev–Trinajstić information content (AvgIpc) is 2.36. The molecule has 0 saturated heterocycles. The number of ether oxygens (including phenoxy) is 1. The summed E-state index contributed by atoms with van der Waals surface area (Å²) in [6.07, 6.45) is 2.73. The van der Waals surface area contributed by atoms with E-state index in [0.29, 0.717) is 6.54 Å². The standard InChI is InChI=1S/C14H22FNO/c1-4-14(5-2,10-16)9-11-8-12(15)6-7-13(11)17-3/h6-8H,4-5,9-10,16H2,1-3H3. The van der Waals surface area contributed by atoms with Gasteiger partial charge in [0, 0.05) is 0 Å². The Morgan fingerprint density at radius 1 is 1.29 bits per heavy atom. The van der Waals surface area contributed by atoms with Crippen LogP contribution in [0.5, 0.6) is 5.75 Å². The highest BCUT2D eigenvalue weighted by molar-refractivity contribution is 5.34. The van der Waals surface area contributed by atoms with Crippen molar-refractivity contribution in [2.24, 2.45) is 11.1 Å². The van der Waals surface area contributed by atoms with Gasteiger partial charge in [-0.3, -0.25) is 0 Å². The first-order valence-electron chi connectivity index (χ1n) is 6.13. The molecule has 0 fully saturated rings. The van der Waals surface area contributed by atoms with E-state index < -0.39 is 0 Å². The van der Waals surface area contributed by atoms with Crippen LogP contribution < -0.4 is 10.5 Å². The van der Waals surface area contributed by atoms with Crippen LogP contribution in [0.25, 0.3) is 0 Å². The van der Waals surface area contributed by atoms with Crippen LogP contribution in [0.3, 0.4) is 0 Å². The molecule has 0 aliphatic heterocycles. The van der Waals surface area contributed by atoms with Crippen molar-refractivity contribution < 1.29 is 9.13 Å². The van der Waals surface area contributed by atoms with Crippen molar-refractivity contribution in [3.05, 3.63) is 29.6 Å². The molecule has 0 amide bonds. The fourth-order valence-corrected chi connectivity index (χ4v) is 2.15. The maximum atomic E-state index is 13.3. The summed E-state index contributed by atoms with van der Waals surface area (Å²) in [6, 6.07) is 4.65. The van der Waals surface area contributed by atoms with Gasteiger partial charge in [0.2, 0.25) is 0 Å². The molecule has 0 heterocycles. The summed E-state index contributed by atoms with van der Waals surface area (Å²) in [5.74, 6) is 0.519. The van der Waals surface area contributed by atoms with Gasteiger partial charge in [-0.2, -0.15) is 0 Å². The minimum atomic E-state index is -0.223. The lowest BCUT2D eigenvalue weighted by atomic mass is 9.77. The summed E-state index contributed by atoms with van der Waals surface area (Å²) >= 11 is 0. The zero-order valence-corrected chi connectivity index (χ0v) is 10.9. The minimum absolute atomic E-state index is 0.0427. The Morgan fingerprint density at radius 3 is 2.41 bits per heavy atom. The Labute approximate surface area is 103 Å². The second-order valence-electron chi connectivity index (χ2n) is 4.54. The number of methoxy groups -OCH3 is 1. The molecule has 1 aromatic rings. The Hall–Kier alpha value is -1.09. The van der Waals surface area contributed by atoms with Crippen molar-refractivity contribution in [1.29, 1.82) is 0 Å². The van der Waals surface area contributed by atoms with Gasteiger partial charge in [-0.1, -0.05) is 13.8 Å². The van der Waals surface area contributed by atoms with E-state index in [4.69, 9.17) is 10.5 Å². The molecule has 0 bridgehead atoms. The SMILES string of the molecule is CCC(CC)(CN)Cc1cc(F)ccc1OC. The lowest BCUT2D eigenvalue weighted by Crippen LogP contribution is -2.31. The van der Waals surface area contributed by atoms with Gasteiger partial charge in [-0.25, -0.2) is 4.39 Å². The summed E-state index contributed by atoms with van der Waals surface area (Å²) in [6.45, 7) is 4.87. The first-order chi connectivity index (χ1) is 8.10. The van der Waals surface area contributed by atoms with E-state index in [1.54, 1.807) is 19.2 Å². The molecule has 0 aromatic heterocycles. The van der Waals surface area contributed by atoms with Gasteiger partial charge in [0.1, 0.15) is 11.6 Å². The topological polar surface area (TPSA) is 35.2 Å². The quantitative estimate of drug-likeness (QED) is 0.827. The molecule has 0 atom stereocenters. The molecule has 1 rings (SSSR count). The van der Waals surface area contributed by atoms with Gasteiger partial charge >= 0.3 is 0 Å². The lowest BCUT2D eigenvalue weighted by molar-refractivity contribution is 0.266. The van der Waals surface area contributed by atoms with E-state index in [2.05, 4.69) is 13.8 Å². The lowest BCUT2D eigenvalue weighted by Gasteiger charge is -2.30. The van der Waals surface area contributed by atoms with Crippen LogP contribution in [-0.4, -0.2) is 13.7 Å². The molecule has 1 aromatic carbocycles. The highest BCUT2D eigenvalue weighted by Gasteiger charge is 2.26. The summed E-state index contributed by atoms with van der Waals surface area (Å²) < 4.78 is 18.6. The monoisotopic (exact) mass is 239 g/mol. The van der Waals surface area contributed by atoms with Crippen LogP contribution in [0.4, 0.5) is 4.39 Å². The van der Waals surface area contributed by atoms with Crippen molar-refractivity contribution in [2.45, 2.75) is 33.1 Å². The number of benzene rings is 1. The van der Waals surface area contributed by atoms with Crippen molar-refractivity contribution >= 4 is 0 Å². The highest BCUT2D eigenvalue weighted by atomic mass is 19.1. The van der Waals surface area contributed by atoms with Crippen LogP contribution in [0, 0.1) is 11.2 Å². The molecule has 17 heavy (non-hydrogen) atoms. The first kappa shape index (κ1) is 14.0. The third-order valence-corrected chi connectivity index (χ3v) is 3.74. The molecule has 0 aliphatic carbocycles. The van der Waals surface area contributed by atoms with E-state index in [0.717, 1.165) is 30.6 Å². The smallest absolute Gasteiger partial charge is 0.123 e. The van der Waals surface area contributed by atoms with Gasteiger partial charge in [0.15, 0.2) is 0 Å². The van der Waals surface area contributed by atoms with E-state index in [1.807, 2.05) is 0 Å². The molecule has 0 saturated carbocycles. The number of nitrogens with two attached hydrogens (primary N) is 1. The average molecular weight is 239 g/mol.